The highest BCUT2D eigenvalue weighted by Gasteiger charge is 2.18. The standard InChI is InChI=1S/C18H25N5O2.ClH/c1-21(14-18(24)22-11-9-19-10-12-22)13-15-7-8-20-23(15)16-5-3-4-6-17(16)25-2;/h3-8,19H,9-14H2,1-2H3;1H. The van der Waals surface area contributed by atoms with Gasteiger partial charge in [0.25, 0.3) is 0 Å². The molecule has 0 spiro atoms. The molecule has 1 amide bonds. The van der Waals surface area contributed by atoms with E-state index in [0.717, 1.165) is 43.3 Å². The Bertz CT molecular complexity index is 715. The van der Waals surface area contributed by atoms with E-state index in [4.69, 9.17) is 4.74 Å². The average Bonchev–Trinajstić information content (AvgIpc) is 3.10. The second-order valence-electron chi connectivity index (χ2n) is 6.21. The Morgan fingerprint density at radius 2 is 2.00 bits per heavy atom. The summed E-state index contributed by atoms with van der Waals surface area (Å²) in [5.41, 5.74) is 1.91. The van der Waals surface area contributed by atoms with Crippen LogP contribution in [0, 0.1) is 0 Å². The van der Waals surface area contributed by atoms with Gasteiger partial charge in [-0.1, -0.05) is 12.1 Å². The number of hydrogen-bond donors (Lipinski definition) is 1. The predicted octanol–water partition coefficient (Wildman–Crippen LogP) is 1.17. The van der Waals surface area contributed by atoms with E-state index in [2.05, 4.69) is 10.4 Å². The highest BCUT2D eigenvalue weighted by molar-refractivity contribution is 5.85. The number of halogens is 1. The van der Waals surface area contributed by atoms with E-state index >= 15 is 0 Å². The third-order valence-electron chi connectivity index (χ3n) is 4.34. The van der Waals surface area contributed by atoms with Gasteiger partial charge >= 0.3 is 0 Å². The molecule has 1 aromatic carbocycles. The molecule has 2 heterocycles. The van der Waals surface area contributed by atoms with Crippen molar-refractivity contribution in [3.8, 4) is 11.4 Å². The maximum absolute atomic E-state index is 12.4. The molecule has 0 aliphatic carbocycles. The monoisotopic (exact) mass is 379 g/mol. The van der Waals surface area contributed by atoms with Gasteiger partial charge in [0.15, 0.2) is 0 Å². The minimum Gasteiger partial charge on any atom is -0.494 e. The molecule has 1 saturated heterocycles. The number of carbonyl (C=O) groups excluding carboxylic acids is 1. The highest BCUT2D eigenvalue weighted by Crippen LogP contribution is 2.23. The first kappa shape index (κ1) is 20.2. The summed E-state index contributed by atoms with van der Waals surface area (Å²) in [4.78, 5) is 16.3. The lowest BCUT2D eigenvalue weighted by atomic mass is 10.2. The lowest BCUT2D eigenvalue weighted by Crippen LogP contribution is -2.49. The van der Waals surface area contributed by atoms with Crippen molar-refractivity contribution in [1.82, 2.24) is 24.9 Å². The molecular formula is C18H26ClN5O2. The number of ether oxygens (including phenoxy) is 1. The molecule has 1 aliphatic rings. The number of rotatable bonds is 6. The van der Waals surface area contributed by atoms with Crippen LogP contribution >= 0.6 is 12.4 Å². The zero-order chi connectivity index (χ0) is 17.6. The molecule has 3 rings (SSSR count). The molecule has 8 heteroatoms. The first-order chi connectivity index (χ1) is 12.2. The Kier molecular flexibility index (Phi) is 7.44. The van der Waals surface area contributed by atoms with Crippen LogP contribution in [-0.4, -0.2) is 72.4 Å². The maximum atomic E-state index is 12.4. The van der Waals surface area contributed by atoms with Crippen molar-refractivity contribution in [1.29, 1.82) is 0 Å². The summed E-state index contributed by atoms with van der Waals surface area (Å²) in [6.07, 6.45) is 1.77. The number of likely N-dealkylation sites (N-methyl/N-ethyl adjacent to an activating group) is 1. The quantitative estimate of drug-likeness (QED) is 0.816. The van der Waals surface area contributed by atoms with Gasteiger partial charge in [0.1, 0.15) is 11.4 Å². The summed E-state index contributed by atoms with van der Waals surface area (Å²) in [7, 11) is 3.61. The number of aromatic nitrogens is 2. The van der Waals surface area contributed by atoms with Crippen molar-refractivity contribution in [2.24, 2.45) is 0 Å². The number of methoxy groups -OCH3 is 1. The lowest BCUT2D eigenvalue weighted by Gasteiger charge is -2.29. The van der Waals surface area contributed by atoms with Crippen molar-refractivity contribution in [3.63, 3.8) is 0 Å². The Morgan fingerprint density at radius 1 is 1.27 bits per heavy atom. The van der Waals surface area contributed by atoms with Crippen LogP contribution in [0.3, 0.4) is 0 Å². The third-order valence-corrected chi connectivity index (χ3v) is 4.34. The van der Waals surface area contributed by atoms with Crippen LogP contribution in [0.25, 0.3) is 5.69 Å². The molecule has 0 unspecified atom stereocenters. The van der Waals surface area contributed by atoms with Crippen LogP contribution in [-0.2, 0) is 11.3 Å². The van der Waals surface area contributed by atoms with Crippen molar-refractivity contribution in [2.75, 3.05) is 46.9 Å². The smallest absolute Gasteiger partial charge is 0.236 e. The lowest BCUT2D eigenvalue weighted by molar-refractivity contribution is -0.132. The summed E-state index contributed by atoms with van der Waals surface area (Å²) in [6, 6.07) is 9.75. The van der Waals surface area contributed by atoms with Gasteiger partial charge in [0.2, 0.25) is 5.91 Å². The molecule has 26 heavy (non-hydrogen) atoms. The molecule has 1 N–H and O–H groups in total. The molecule has 0 bridgehead atoms. The van der Waals surface area contributed by atoms with Crippen LogP contribution in [0.15, 0.2) is 36.5 Å². The first-order valence-corrected chi connectivity index (χ1v) is 8.52. The van der Waals surface area contributed by atoms with Crippen LogP contribution < -0.4 is 10.1 Å². The fourth-order valence-corrected chi connectivity index (χ4v) is 3.05. The molecular weight excluding hydrogens is 354 g/mol. The topological polar surface area (TPSA) is 62.6 Å². The number of benzene rings is 1. The fraction of sp³-hybridized carbons (Fsp3) is 0.444. The minimum atomic E-state index is 0. The number of piperazine rings is 1. The largest absolute Gasteiger partial charge is 0.494 e. The normalized spacial score (nSPS) is 14.2. The van der Waals surface area contributed by atoms with E-state index in [1.54, 1.807) is 13.3 Å². The first-order valence-electron chi connectivity index (χ1n) is 8.52. The summed E-state index contributed by atoms with van der Waals surface area (Å²) in [6.45, 7) is 4.34. The molecule has 1 aliphatic heterocycles. The second kappa shape index (κ2) is 9.56. The van der Waals surface area contributed by atoms with Crippen LogP contribution in [0.4, 0.5) is 0 Å². The number of nitrogens with one attached hydrogen (secondary N) is 1. The molecule has 1 fully saturated rings. The van der Waals surface area contributed by atoms with Crippen LogP contribution in [0.5, 0.6) is 5.75 Å². The van der Waals surface area contributed by atoms with Gasteiger partial charge in [-0.05, 0) is 25.2 Å². The van der Waals surface area contributed by atoms with E-state index in [1.165, 1.54) is 0 Å². The van der Waals surface area contributed by atoms with E-state index in [9.17, 15) is 4.79 Å². The fourth-order valence-electron chi connectivity index (χ4n) is 3.05. The number of amides is 1. The number of nitrogens with zero attached hydrogens (tertiary/aromatic N) is 4. The molecule has 2 aromatic rings. The molecule has 7 nitrogen and oxygen atoms in total. The second-order valence-corrected chi connectivity index (χ2v) is 6.21. The Morgan fingerprint density at radius 3 is 2.73 bits per heavy atom. The van der Waals surface area contributed by atoms with Crippen LogP contribution in [0.2, 0.25) is 0 Å². The van der Waals surface area contributed by atoms with Gasteiger partial charge in [0.05, 0.1) is 19.3 Å². The zero-order valence-electron chi connectivity index (χ0n) is 15.2. The van der Waals surface area contributed by atoms with E-state index in [1.807, 2.05) is 51.9 Å². The van der Waals surface area contributed by atoms with Gasteiger partial charge in [-0.3, -0.25) is 9.69 Å². The molecule has 0 radical (unpaired) electrons. The Hall–Kier alpha value is -2.09. The molecule has 0 atom stereocenters. The van der Waals surface area contributed by atoms with Gasteiger partial charge < -0.3 is 15.0 Å². The zero-order valence-corrected chi connectivity index (χ0v) is 16.0. The third kappa shape index (κ3) is 4.75. The number of carbonyl (C=O) groups is 1. The number of hydrogen-bond acceptors (Lipinski definition) is 5. The summed E-state index contributed by atoms with van der Waals surface area (Å²) in [5, 5.41) is 7.69. The molecule has 142 valence electrons. The van der Waals surface area contributed by atoms with Crippen LogP contribution in [0.1, 0.15) is 5.69 Å². The summed E-state index contributed by atoms with van der Waals surface area (Å²) in [5.74, 6) is 0.944. The Labute approximate surface area is 160 Å². The predicted molar refractivity (Wildman–Crippen MR) is 103 cm³/mol. The Balaban J connectivity index is 0.00000243. The molecule has 1 aromatic heterocycles. The maximum Gasteiger partial charge on any atom is 0.236 e. The summed E-state index contributed by atoms with van der Waals surface area (Å²) < 4.78 is 7.30. The van der Waals surface area contributed by atoms with Crippen molar-refractivity contribution >= 4 is 18.3 Å². The average molecular weight is 380 g/mol. The van der Waals surface area contributed by atoms with E-state index in [-0.39, 0.29) is 18.3 Å². The highest BCUT2D eigenvalue weighted by atomic mass is 35.5. The van der Waals surface area contributed by atoms with Gasteiger partial charge in [0, 0.05) is 38.9 Å². The van der Waals surface area contributed by atoms with Gasteiger partial charge in [-0.25, -0.2) is 4.68 Å². The number of para-hydroxylation sites is 2. The minimum absolute atomic E-state index is 0. The van der Waals surface area contributed by atoms with Crippen molar-refractivity contribution in [2.45, 2.75) is 6.54 Å². The van der Waals surface area contributed by atoms with Gasteiger partial charge in [-0.2, -0.15) is 5.10 Å². The van der Waals surface area contributed by atoms with Crippen molar-refractivity contribution in [3.05, 3.63) is 42.2 Å². The SMILES string of the molecule is COc1ccccc1-n1nccc1CN(C)CC(=O)N1CCNCC1.Cl. The molecule has 0 saturated carbocycles. The summed E-state index contributed by atoms with van der Waals surface area (Å²) >= 11 is 0. The van der Waals surface area contributed by atoms with Gasteiger partial charge in [-0.15, -0.1) is 12.4 Å². The van der Waals surface area contributed by atoms with E-state index < -0.39 is 0 Å². The van der Waals surface area contributed by atoms with Crippen molar-refractivity contribution < 1.29 is 9.53 Å². The van der Waals surface area contributed by atoms with E-state index in [0.29, 0.717) is 13.1 Å².